The monoisotopic (exact) mass is 442 g/mol. The molecule has 4 rings (SSSR count). The lowest BCUT2D eigenvalue weighted by Crippen LogP contribution is -2.58. The number of rotatable bonds is 5. The van der Waals surface area contributed by atoms with Crippen LogP contribution < -0.4 is 20.4 Å². The molecule has 2 fully saturated rings. The molecular weight excluding hydrogens is 417 g/mol. The highest BCUT2D eigenvalue weighted by Crippen LogP contribution is 2.42. The fourth-order valence-electron chi connectivity index (χ4n) is 4.83. The van der Waals surface area contributed by atoms with Gasteiger partial charge < -0.3 is 16.0 Å². The van der Waals surface area contributed by atoms with Crippen molar-refractivity contribution < 1.29 is 9.18 Å². The number of carbonyl (C=O) groups is 1. The van der Waals surface area contributed by atoms with Gasteiger partial charge in [0.05, 0.1) is 0 Å². The van der Waals surface area contributed by atoms with Crippen molar-refractivity contribution in [2.24, 2.45) is 5.73 Å². The van der Waals surface area contributed by atoms with Gasteiger partial charge in [0, 0.05) is 44.4 Å². The van der Waals surface area contributed by atoms with Gasteiger partial charge in [-0.1, -0.05) is 29.8 Å². The minimum atomic E-state index is -1.22. The first-order chi connectivity index (χ1) is 14.9. The number of nitriles is 1. The lowest BCUT2D eigenvalue weighted by atomic mass is 10.0. The van der Waals surface area contributed by atoms with E-state index in [4.69, 9.17) is 17.3 Å². The van der Waals surface area contributed by atoms with E-state index in [2.05, 4.69) is 28.4 Å². The summed E-state index contributed by atoms with van der Waals surface area (Å²) in [6.07, 6.45) is -1.22. The molecule has 2 aromatic carbocycles. The number of nitrogens with one attached hydrogen (secondary N) is 1. The van der Waals surface area contributed by atoms with Crippen molar-refractivity contribution in [1.29, 1.82) is 5.26 Å². The fraction of sp³-hybridized carbons (Fsp3) is 0.391. The van der Waals surface area contributed by atoms with Crippen LogP contribution in [0.5, 0.6) is 0 Å². The Bertz CT molecular complexity index is 1000. The summed E-state index contributed by atoms with van der Waals surface area (Å²) in [5.74, 6) is -0.614. The molecule has 2 aliphatic heterocycles. The maximum atomic E-state index is 14.4. The minimum Gasteiger partial charge on any atom is -0.369 e. The van der Waals surface area contributed by atoms with Crippen LogP contribution in [0.4, 0.5) is 15.8 Å². The predicted molar refractivity (Wildman–Crippen MR) is 122 cm³/mol. The third-order valence-electron chi connectivity index (χ3n) is 6.39. The highest BCUT2D eigenvalue weighted by atomic mass is 35.5. The van der Waals surface area contributed by atoms with Gasteiger partial charge in [-0.15, -0.1) is 0 Å². The molecule has 0 saturated carbocycles. The van der Waals surface area contributed by atoms with Crippen LogP contribution in [0.25, 0.3) is 11.1 Å². The minimum absolute atomic E-state index is 0.00302. The molecule has 162 valence electrons. The van der Waals surface area contributed by atoms with Crippen molar-refractivity contribution in [3.8, 4) is 17.2 Å². The quantitative estimate of drug-likeness (QED) is 0.551. The van der Waals surface area contributed by atoms with Gasteiger partial charge in [0.2, 0.25) is 0 Å². The van der Waals surface area contributed by atoms with E-state index in [0.29, 0.717) is 10.7 Å². The molecule has 3 atom stereocenters. The zero-order valence-corrected chi connectivity index (χ0v) is 18.0. The maximum Gasteiger partial charge on any atom is 0.276 e. The van der Waals surface area contributed by atoms with E-state index < -0.39 is 18.1 Å². The zero-order chi connectivity index (χ0) is 22.0. The molecule has 6 nitrogen and oxygen atoms in total. The van der Waals surface area contributed by atoms with Crippen LogP contribution >= 0.6 is 11.6 Å². The van der Waals surface area contributed by atoms with E-state index in [1.165, 1.54) is 5.69 Å². The lowest BCUT2D eigenvalue weighted by Gasteiger charge is -2.36. The van der Waals surface area contributed by atoms with Crippen LogP contribution in [0.2, 0.25) is 5.02 Å². The number of nitrogens with two attached hydrogens (primary N) is 1. The first kappa shape index (κ1) is 21.6. The Hall–Kier alpha value is -2.66. The molecule has 0 aromatic heterocycles. The molecule has 0 radical (unpaired) electrons. The van der Waals surface area contributed by atoms with Crippen molar-refractivity contribution in [2.75, 3.05) is 44.2 Å². The van der Waals surface area contributed by atoms with Crippen LogP contribution in [0.3, 0.4) is 0 Å². The molecule has 8 heteroatoms. The second-order valence-electron chi connectivity index (χ2n) is 8.23. The van der Waals surface area contributed by atoms with Gasteiger partial charge in [0.1, 0.15) is 17.6 Å². The number of hydrogen-bond donors (Lipinski definition) is 2. The van der Waals surface area contributed by atoms with E-state index in [1.807, 2.05) is 24.3 Å². The highest BCUT2D eigenvalue weighted by molar-refractivity contribution is 6.33. The van der Waals surface area contributed by atoms with Crippen molar-refractivity contribution >= 4 is 28.9 Å². The molecular formula is C23H26ClFN5O+. The Balaban J connectivity index is 1.71. The molecule has 3 N–H and O–H groups in total. The number of amides is 1. The highest BCUT2D eigenvalue weighted by Gasteiger charge is 2.52. The number of quaternary nitrogens is 1. The Morgan fingerprint density at radius 1 is 1.23 bits per heavy atom. The normalized spacial score (nSPS) is 25.9. The number of likely N-dealkylation sites (tertiary alicyclic amines) is 1. The summed E-state index contributed by atoms with van der Waals surface area (Å²) in [5.41, 5.74) is 9.22. The SMILES string of the molecule is N#CC[N+]1(c2cc(-c3ccc(N4CCNCC4)cc3)ccc2Cl)C[C@H](F)C[C@H]1C(N)=O. The Morgan fingerprint density at radius 2 is 1.90 bits per heavy atom. The molecule has 1 amide bonds. The van der Waals surface area contributed by atoms with Crippen LogP contribution in [-0.2, 0) is 4.79 Å². The van der Waals surface area contributed by atoms with E-state index in [-0.39, 0.29) is 24.0 Å². The Kier molecular flexibility index (Phi) is 6.15. The fourth-order valence-corrected chi connectivity index (χ4v) is 5.12. The summed E-state index contributed by atoms with van der Waals surface area (Å²) >= 11 is 6.52. The lowest BCUT2D eigenvalue weighted by molar-refractivity contribution is -0.121. The van der Waals surface area contributed by atoms with Gasteiger partial charge in [-0.05, 0) is 29.3 Å². The number of piperazine rings is 1. The number of benzene rings is 2. The van der Waals surface area contributed by atoms with Gasteiger partial charge in [-0.25, -0.2) is 4.39 Å². The second-order valence-corrected chi connectivity index (χ2v) is 8.64. The van der Waals surface area contributed by atoms with Gasteiger partial charge in [0.15, 0.2) is 24.4 Å². The third-order valence-corrected chi connectivity index (χ3v) is 6.71. The summed E-state index contributed by atoms with van der Waals surface area (Å²) in [4.78, 5) is 14.5. The third kappa shape index (κ3) is 4.11. The standard InChI is InChI=1S/C23H25ClFN5O/c24-20-6-3-17(16-1-4-19(5-2-16)29-10-8-28-9-11-29)13-21(20)30(12-7-26)15-18(25)14-22(30)23(27)31/h1-6,13,18,22,28H,8-12,14-15H2,(H-,27,31)/p+1/t18-,22+,30?/m1/s1. The van der Waals surface area contributed by atoms with Gasteiger partial charge >= 0.3 is 0 Å². The van der Waals surface area contributed by atoms with Gasteiger partial charge in [0.25, 0.3) is 5.91 Å². The smallest absolute Gasteiger partial charge is 0.276 e. The number of nitrogens with zero attached hydrogens (tertiary/aromatic N) is 3. The predicted octanol–water partition coefficient (Wildman–Crippen LogP) is 2.84. The number of hydrogen-bond acceptors (Lipinski definition) is 4. The molecule has 2 heterocycles. The van der Waals surface area contributed by atoms with E-state index in [1.54, 1.807) is 6.07 Å². The Labute approximate surface area is 186 Å². The summed E-state index contributed by atoms with van der Waals surface area (Å²) in [6.45, 7) is 3.82. The van der Waals surface area contributed by atoms with Crippen molar-refractivity contribution in [3.05, 3.63) is 47.5 Å². The number of primary amides is 1. The number of halogens is 2. The molecule has 2 saturated heterocycles. The van der Waals surface area contributed by atoms with Gasteiger partial charge in [-0.3, -0.25) is 9.28 Å². The molecule has 0 spiro atoms. The molecule has 31 heavy (non-hydrogen) atoms. The molecule has 2 aliphatic rings. The number of carbonyl (C=O) groups excluding carboxylic acids is 1. The topological polar surface area (TPSA) is 82.2 Å². The second kappa shape index (κ2) is 8.83. The Morgan fingerprint density at radius 3 is 2.55 bits per heavy atom. The molecule has 0 aliphatic carbocycles. The first-order valence-corrected chi connectivity index (χ1v) is 10.9. The van der Waals surface area contributed by atoms with E-state index >= 15 is 0 Å². The van der Waals surface area contributed by atoms with Crippen molar-refractivity contribution in [2.45, 2.75) is 18.6 Å². The number of alkyl halides is 1. The summed E-state index contributed by atoms with van der Waals surface area (Å²) in [6, 6.07) is 15.1. The zero-order valence-electron chi connectivity index (χ0n) is 17.2. The average molecular weight is 443 g/mol. The summed E-state index contributed by atoms with van der Waals surface area (Å²) in [7, 11) is 0. The van der Waals surface area contributed by atoms with Crippen LogP contribution in [-0.4, -0.2) is 57.4 Å². The first-order valence-electron chi connectivity index (χ1n) is 10.5. The van der Waals surface area contributed by atoms with Gasteiger partial charge in [-0.2, -0.15) is 5.26 Å². The van der Waals surface area contributed by atoms with Crippen LogP contribution in [0.1, 0.15) is 6.42 Å². The van der Waals surface area contributed by atoms with E-state index in [9.17, 15) is 14.4 Å². The molecule has 0 bridgehead atoms. The average Bonchev–Trinajstić information content (AvgIpc) is 3.12. The maximum absolute atomic E-state index is 14.4. The molecule has 2 aromatic rings. The molecule has 1 unspecified atom stereocenters. The van der Waals surface area contributed by atoms with E-state index in [0.717, 1.165) is 37.3 Å². The number of anilines is 1. The largest absolute Gasteiger partial charge is 0.369 e. The summed E-state index contributed by atoms with van der Waals surface area (Å²) in [5, 5.41) is 13.2. The van der Waals surface area contributed by atoms with Crippen LogP contribution in [0.15, 0.2) is 42.5 Å². The van der Waals surface area contributed by atoms with Crippen LogP contribution in [0, 0.1) is 11.3 Å². The van der Waals surface area contributed by atoms with Crippen molar-refractivity contribution in [3.63, 3.8) is 0 Å². The summed E-state index contributed by atoms with van der Waals surface area (Å²) < 4.78 is 14.3. The van der Waals surface area contributed by atoms with Crippen molar-refractivity contribution in [1.82, 2.24) is 9.80 Å².